The molecule has 0 unspecified atom stereocenters. The number of para-hydroxylation sites is 1. The van der Waals surface area contributed by atoms with Gasteiger partial charge in [0.05, 0.1) is 5.41 Å². The van der Waals surface area contributed by atoms with Crippen LogP contribution in [-0.2, 0) is 10.2 Å². The molecular formula is C14H16O2. The highest BCUT2D eigenvalue weighted by Gasteiger charge is 2.49. The van der Waals surface area contributed by atoms with Crippen LogP contribution in [0.25, 0.3) is 0 Å². The van der Waals surface area contributed by atoms with Crippen LogP contribution < -0.4 is 4.74 Å². The molecule has 84 valence electrons. The van der Waals surface area contributed by atoms with Gasteiger partial charge in [-0.3, -0.25) is 4.79 Å². The number of esters is 1. The molecule has 1 aromatic rings. The second kappa shape index (κ2) is 3.34. The molecule has 0 amide bonds. The van der Waals surface area contributed by atoms with Crippen LogP contribution in [0.1, 0.15) is 38.2 Å². The molecule has 2 aliphatic rings. The van der Waals surface area contributed by atoms with Crippen molar-refractivity contribution in [3.05, 3.63) is 29.8 Å². The van der Waals surface area contributed by atoms with Crippen LogP contribution in [0.3, 0.4) is 0 Å². The fourth-order valence-electron chi connectivity index (χ4n) is 2.99. The van der Waals surface area contributed by atoms with Crippen LogP contribution in [0.5, 0.6) is 5.75 Å². The Balaban J connectivity index is 2.04. The molecule has 0 atom stereocenters. The molecule has 0 radical (unpaired) electrons. The summed E-state index contributed by atoms with van der Waals surface area (Å²) in [5.74, 6) is 1.49. The highest BCUT2D eigenvalue weighted by Crippen LogP contribution is 2.49. The standard InChI is InChI=1S/C14H16O2/c1-10-6-8-14(9-7-10)11-4-2-3-5-12(11)16-13(14)15/h2-5,10H,6-9H2,1H3. The second-order valence-electron chi connectivity index (χ2n) is 5.15. The van der Waals surface area contributed by atoms with Gasteiger partial charge in [-0.05, 0) is 37.7 Å². The van der Waals surface area contributed by atoms with Gasteiger partial charge in [0.2, 0.25) is 0 Å². The quantitative estimate of drug-likeness (QED) is 0.492. The summed E-state index contributed by atoms with van der Waals surface area (Å²) in [6.07, 6.45) is 4.15. The minimum absolute atomic E-state index is 0.0272. The van der Waals surface area contributed by atoms with Crippen molar-refractivity contribution in [2.75, 3.05) is 0 Å². The molecule has 1 spiro atoms. The molecule has 2 nitrogen and oxygen atoms in total. The van der Waals surface area contributed by atoms with E-state index in [1.807, 2.05) is 18.2 Å². The molecule has 0 aromatic heterocycles. The third-order valence-corrected chi connectivity index (χ3v) is 4.12. The monoisotopic (exact) mass is 216 g/mol. The molecule has 1 saturated carbocycles. The van der Waals surface area contributed by atoms with E-state index in [1.54, 1.807) is 0 Å². The molecular weight excluding hydrogens is 200 g/mol. The van der Waals surface area contributed by atoms with Gasteiger partial charge < -0.3 is 4.74 Å². The van der Waals surface area contributed by atoms with E-state index in [0.29, 0.717) is 0 Å². The summed E-state index contributed by atoms with van der Waals surface area (Å²) >= 11 is 0. The van der Waals surface area contributed by atoms with Crippen LogP contribution in [0, 0.1) is 5.92 Å². The van der Waals surface area contributed by atoms with Crippen LogP contribution in [0.15, 0.2) is 24.3 Å². The Morgan fingerprint density at radius 2 is 1.94 bits per heavy atom. The summed E-state index contributed by atoms with van der Waals surface area (Å²) in [4.78, 5) is 12.1. The minimum Gasteiger partial charge on any atom is -0.426 e. The summed E-state index contributed by atoms with van der Waals surface area (Å²) < 4.78 is 5.40. The number of hydrogen-bond donors (Lipinski definition) is 0. The Morgan fingerprint density at radius 1 is 1.25 bits per heavy atom. The van der Waals surface area contributed by atoms with Crippen molar-refractivity contribution in [1.82, 2.24) is 0 Å². The van der Waals surface area contributed by atoms with Crippen molar-refractivity contribution in [2.24, 2.45) is 5.92 Å². The second-order valence-corrected chi connectivity index (χ2v) is 5.15. The van der Waals surface area contributed by atoms with E-state index in [-0.39, 0.29) is 11.4 Å². The molecule has 1 aliphatic heterocycles. The summed E-state index contributed by atoms with van der Waals surface area (Å²) in [6.45, 7) is 2.26. The molecule has 0 bridgehead atoms. The van der Waals surface area contributed by atoms with E-state index in [9.17, 15) is 4.79 Å². The lowest BCUT2D eigenvalue weighted by molar-refractivity contribution is -0.139. The first-order chi connectivity index (χ1) is 7.72. The number of rotatable bonds is 0. The highest BCUT2D eigenvalue weighted by molar-refractivity contribution is 5.90. The van der Waals surface area contributed by atoms with Gasteiger partial charge in [-0.1, -0.05) is 25.1 Å². The van der Waals surface area contributed by atoms with Gasteiger partial charge >= 0.3 is 5.97 Å². The summed E-state index contributed by atoms with van der Waals surface area (Å²) in [5.41, 5.74) is 0.801. The van der Waals surface area contributed by atoms with Crippen molar-refractivity contribution < 1.29 is 9.53 Å². The largest absolute Gasteiger partial charge is 0.426 e. The van der Waals surface area contributed by atoms with E-state index in [2.05, 4.69) is 13.0 Å². The predicted molar refractivity (Wildman–Crippen MR) is 61.4 cm³/mol. The summed E-state index contributed by atoms with van der Waals surface area (Å²) in [5, 5.41) is 0. The number of carbonyl (C=O) groups is 1. The Hall–Kier alpha value is -1.31. The third-order valence-electron chi connectivity index (χ3n) is 4.12. The smallest absolute Gasteiger partial charge is 0.322 e. The summed E-state index contributed by atoms with van der Waals surface area (Å²) in [7, 11) is 0. The molecule has 0 N–H and O–H groups in total. The first kappa shape index (κ1) is 9.88. The number of hydrogen-bond acceptors (Lipinski definition) is 2. The molecule has 16 heavy (non-hydrogen) atoms. The Morgan fingerprint density at radius 3 is 2.69 bits per heavy atom. The molecule has 1 heterocycles. The number of carbonyl (C=O) groups excluding carboxylic acids is 1. The fraction of sp³-hybridized carbons (Fsp3) is 0.500. The van der Waals surface area contributed by atoms with Crippen LogP contribution in [-0.4, -0.2) is 5.97 Å². The molecule has 2 heteroatoms. The lowest BCUT2D eigenvalue weighted by Gasteiger charge is -2.33. The Bertz CT molecular complexity index is 428. The Kier molecular flexibility index (Phi) is 2.06. The maximum absolute atomic E-state index is 12.1. The zero-order valence-electron chi connectivity index (χ0n) is 9.53. The third kappa shape index (κ3) is 1.22. The molecule has 1 aliphatic carbocycles. The fourth-order valence-corrected chi connectivity index (χ4v) is 2.99. The van der Waals surface area contributed by atoms with Crippen LogP contribution >= 0.6 is 0 Å². The highest BCUT2D eigenvalue weighted by atomic mass is 16.5. The van der Waals surface area contributed by atoms with Crippen molar-refractivity contribution >= 4 is 5.97 Å². The number of benzene rings is 1. The van der Waals surface area contributed by atoms with E-state index in [0.717, 1.165) is 42.9 Å². The first-order valence-corrected chi connectivity index (χ1v) is 6.04. The van der Waals surface area contributed by atoms with Gasteiger partial charge in [0.25, 0.3) is 0 Å². The van der Waals surface area contributed by atoms with E-state index < -0.39 is 0 Å². The minimum atomic E-state index is -0.316. The molecule has 0 saturated heterocycles. The van der Waals surface area contributed by atoms with E-state index in [1.165, 1.54) is 0 Å². The zero-order valence-corrected chi connectivity index (χ0v) is 9.53. The zero-order chi connectivity index (χ0) is 11.2. The first-order valence-electron chi connectivity index (χ1n) is 6.04. The van der Waals surface area contributed by atoms with Gasteiger partial charge in [-0.15, -0.1) is 0 Å². The number of fused-ring (bicyclic) bond motifs is 2. The van der Waals surface area contributed by atoms with E-state index in [4.69, 9.17) is 4.74 Å². The Labute approximate surface area is 95.6 Å². The average molecular weight is 216 g/mol. The summed E-state index contributed by atoms with van der Waals surface area (Å²) in [6, 6.07) is 7.88. The topological polar surface area (TPSA) is 26.3 Å². The average Bonchev–Trinajstić information content (AvgIpc) is 2.57. The van der Waals surface area contributed by atoms with E-state index >= 15 is 0 Å². The maximum Gasteiger partial charge on any atom is 0.322 e. The SMILES string of the molecule is CC1CCC2(CC1)C(=O)Oc1ccccc12. The predicted octanol–water partition coefficient (Wildman–Crippen LogP) is 3.05. The van der Waals surface area contributed by atoms with Gasteiger partial charge in [0.1, 0.15) is 5.75 Å². The van der Waals surface area contributed by atoms with Crippen LogP contribution in [0.2, 0.25) is 0 Å². The maximum atomic E-state index is 12.1. The number of ether oxygens (including phenoxy) is 1. The van der Waals surface area contributed by atoms with Crippen molar-refractivity contribution in [1.29, 1.82) is 0 Å². The molecule has 1 fully saturated rings. The lowest BCUT2D eigenvalue weighted by atomic mass is 9.68. The van der Waals surface area contributed by atoms with Crippen molar-refractivity contribution in [3.63, 3.8) is 0 Å². The molecule has 3 rings (SSSR count). The van der Waals surface area contributed by atoms with Gasteiger partial charge in [0, 0.05) is 5.56 Å². The van der Waals surface area contributed by atoms with Crippen molar-refractivity contribution in [3.8, 4) is 5.75 Å². The lowest BCUT2D eigenvalue weighted by Crippen LogP contribution is -2.37. The van der Waals surface area contributed by atoms with Crippen LogP contribution in [0.4, 0.5) is 0 Å². The molecule has 1 aromatic carbocycles. The van der Waals surface area contributed by atoms with Crippen molar-refractivity contribution in [2.45, 2.75) is 38.0 Å². The normalized spacial score (nSPS) is 32.6. The van der Waals surface area contributed by atoms with Gasteiger partial charge in [-0.2, -0.15) is 0 Å². The van der Waals surface area contributed by atoms with Gasteiger partial charge in [-0.25, -0.2) is 0 Å². The van der Waals surface area contributed by atoms with Gasteiger partial charge in [0.15, 0.2) is 0 Å².